The van der Waals surface area contributed by atoms with Crippen LogP contribution in [0.3, 0.4) is 0 Å². The van der Waals surface area contributed by atoms with Crippen molar-refractivity contribution in [3.8, 4) is 0 Å². The molecule has 8 heteroatoms. The largest absolute Gasteiger partial charge is 0.480 e. The van der Waals surface area contributed by atoms with Gasteiger partial charge in [-0.15, -0.1) is 0 Å². The molecule has 0 aliphatic heterocycles. The fourth-order valence-corrected chi connectivity index (χ4v) is 3.42. The second-order valence-electron chi connectivity index (χ2n) is 4.66. The fourth-order valence-electron chi connectivity index (χ4n) is 1.59. The van der Waals surface area contributed by atoms with Crippen LogP contribution in [0.15, 0.2) is 23.1 Å². The van der Waals surface area contributed by atoms with E-state index in [0.29, 0.717) is 0 Å². The Morgan fingerprint density at radius 2 is 2.05 bits per heavy atom. The van der Waals surface area contributed by atoms with Crippen molar-refractivity contribution < 1.29 is 22.7 Å². The number of nitrogens with zero attached hydrogens (tertiary/aromatic N) is 1. The zero-order valence-electron chi connectivity index (χ0n) is 11.0. The predicted octanol–water partition coefficient (Wildman–Crippen LogP) is 2.21. The number of carbonyl (C=O) groups is 1. The van der Waals surface area contributed by atoms with Gasteiger partial charge in [0.1, 0.15) is 12.4 Å². The molecule has 1 N–H and O–H groups in total. The van der Waals surface area contributed by atoms with Gasteiger partial charge in [0.25, 0.3) is 0 Å². The number of hydrogen-bond acceptors (Lipinski definition) is 3. The number of sulfonamides is 1. The highest BCUT2D eigenvalue weighted by molar-refractivity contribution is 7.89. The molecular formula is C12H15ClFNO4S. The molecule has 20 heavy (non-hydrogen) atoms. The highest BCUT2D eigenvalue weighted by atomic mass is 35.5. The van der Waals surface area contributed by atoms with Gasteiger partial charge in [-0.05, 0) is 24.1 Å². The summed E-state index contributed by atoms with van der Waals surface area (Å²) < 4.78 is 38.6. The summed E-state index contributed by atoms with van der Waals surface area (Å²) in [6.07, 6.45) is 0. The van der Waals surface area contributed by atoms with Gasteiger partial charge in [0.2, 0.25) is 10.0 Å². The number of benzene rings is 1. The molecule has 0 fully saturated rings. The molecule has 0 aliphatic rings. The van der Waals surface area contributed by atoms with Gasteiger partial charge >= 0.3 is 5.97 Å². The highest BCUT2D eigenvalue weighted by Gasteiger charge is 2.27. The molecule has 0 bridgehead atoms. The highest BCUT2D eigenvalue weighted by Crippen LogP contribution is 2.22. The van der Waals surface area contributed by atoms with Crippen molar-refractivity contribution in [2.75, 3.05) is 13.1 Å². The maximum atomic E-state index is 13.1. The quantitative estimate of drug-likeness (QED) is 0.871. The first-order chi connectivity index (χ1) is 9.14. The molecule has 0 unspecified atom stereocenters. The first-order valence-electron chi connectivity index (χ1n) is 5.81. The SMILES string of the molecule is CC(C)CN(CC(=O)O)S(=O)(=O)c1ccc(F)c(Cl)c1. The number of rotatable bonds is 6. The lowest BCUT2D eigenvalue weighted by atomic mass is 10.2. The van der Waals surface area contributed by atoms with Gasteiger partial charge in [-0.2, -0.15) is 4.31 Å². The van der Waals surface area contributed by atoms with Gasteiger partial charge in [-0.1, -0.05) is 25.4 Å². The molecule has 0 amide bonds. The van der Waals surface area contributed by atoms with Crippen molar-refractivity contribution in [1.29, 1.82) is 0 Å². The molecule has 0 atom stereocenters. The second kappa shape index (κ2) is 6.51. The van der Waals surface area contributed by atoms with Crippen LogP contribution in [-0.2, 0) is 14.8 Å². The third-order valence-electron chi connectivity index (χ3n) is 2.41. The molecule has 0 saturated carbocycles. The van der Waals surface area contributed by atoms with E-state index in [2.05, 4.69) is 0 Å². The van der Waals surface area contributed by atoms with Crippen LogP contribution >= 0.6 is 11.6 Å². The van der Waals surface area contributed by atoms with Gasteiger partial charge in [-0.25, -0.2) is 12.8 Å². The van der Waals surface area contributed by atoms with Crippen LogP contribution in [0.4, 0.5) is 4.39 Å². The lowest BCUT2D eigenvalue weighted by molar-refractivity contribution is -0.137. The van der Waals surface area contributed by atoms with Crippen LogP contribution in [0.1, 0.15) is 13.8 Å². The lowest BCUT2D eigenvalue weighted by Crippen LogP contribution is -2.38. The van der Waals surface area contributed by atoms with E-state index in [1.54, 1.807) is 13.8 Å². The molecule has 0 aliphatic carbocycles. The van der Waals surface area contributed by atoms with Gasteiger partial charge in [0.05, 0.1) is 9.92 Å². The van der Waals surface area contributed by atoms with E-state index in [-0.39, 0.29) is 22.4 Å². The molecule has 0 aromatic heterocycles. The summed E-state index contributed by atoms with van der Waals surface area (Å²) in [5.74, 6) is -2.05. The number of hydrogen-bond donors (Lipinski definition) is 1. The van der Waals surface area contributed by atoms with Crippen molar-refractivity contribution in [3.63, 3.8) is 0 Å². The average molecular weight is 324 g/mol. The van der Waals surface area contributed by atoms with Gasteiger partial charge in [0, 0.05) is 6.54 Å². The Bertz CT molecular complexity index is 603. The zero-order valence-corrected chi connectivity index (χ0v) is 12.6. The predicted molar refractivity (Wildman–Crippen MR) is 72.6 cm³/mol. The molecule has 1 aromatic carbocycles. The van der Waals surface area contributed by atoms with Crippen molar-refractivity contribution in [2.45, 2.75) is 18.7 Å². The Morgan fingerprint density at radius 3 is 2.50 bits per heavy atom. The van der Waals surface area contributed by atoms with Crippen LogP contribution in [-0.4, -0.2) is 36.9 Å². The second-order valence-corrected chi connectivity index (χ2v) is 7.01. The molecule has 112 valence electrons. The minimum Gasteiger partial charge on any atom is -0.480 e. The molecule has 5 nitrogen and oxygen atoms in total. The average Bonchev–Trinajstić information content (AvgIpc) is 2.30. The monoisotopic (exact) mass is 323 g/mol. The summed E-state index contributed by atoms with van der Waals surface area (Å²) in [6.45, 7) is 2.92. The van der Waals surface area contributed by atoms with Crippen LogP contribution in [0.2, 0.25) is 5.02 Å². The van der Waals surface area contributed by atoms with E-state index < -0.39 is 28.4 Å². The molecular weight excluding hydrogens is 309 g/mol. The van der Waals surface area contributed by atoms with Crippen molar-refractivity contribution in [1.82, 2.24) is 4.31 Å². The Labute approximate surface area is 122 Å². The standard InChI is InChI=1S/C12H15ClFNO4S/c1-8(2)6-15(7-12(16)17)20(18,19)9-3-4-11(14)10(13)5-9/h3-5,8H,6-7H2,1-2H3,(H,16,17). The normalized spacial score (nSPS) is 12.1. The van der Waals surface area contributed by atoms with E-state index in [0.717, 1.165) is 22.5 Å². The van der Waals surface area contributed by atoms with E-state index in [4.69, 9.17) is 16.7 Å². The minimum atomic E-state index is -4.03. The number of halogens is 2. The van der Waals surface area contributed by atoms with Crippen LogP contribution in [0, 0.1) is 11.7 Å². The summed E-state index contributed by atoms with van der Waals surface area (Å²) in [4.78, 5) is 10.6. The van der Waals surface area contributed by atoms with Crippen LogP contribution < -0.4 is 0 Å². The smallest absolute Gasteiger partial charge is 0.318 e. The third-order valence-corrected chi connectivity index (χ3v) is 4.51. The Kier molecular flexibility index (Phi) is 5.50. The van der Waals surface area contributed by atoms with E-state index >= 15 is 0 Å². The van der Waals surface area contributed by atoms with Crippen LogP contribution in [0.5, 0.6) is 0 Å². The van der Waals surface area contributed by atoms with Crippen LogP contribution in [0.25, 0.3) is 0 Å². The topological polar surface area (TPSA) is 74.7 Å². The van der Waals surface area contributed by atoms with E-state index in [1.807, 2.05) is 0 Å². The maximum absolute atomic E-state index is 13.1. The van der Waals surface area contributed by atoms with Crippen molar-refractivity contribution >= 4 is 27.6 Å². The number of carboxylic acids is 1. The number of carboxylic acid groups (broad SMARTS) is 1. The molecule has 0 heterocycles. The summed E-state index contributed by atoms with van der Waals surface area (Å²) >= 11 is 5.56. The fraction of sp³-hybridized carbons (Fsp3) is 0.417. The maximum Gasteiger partial charge on any atom is 0.318 e. The Balaban J connectivity index is 3.20. The summed E-state index contributed by atoms with van der Waals surface area (Å²) in [7, 11) is -4.03. The molecule has 0 radical (unpaired) electrons. The van der Waals surface area contributed by atoms with Gasteiger partial charge in [-0.3, -0.25) is 4.79 Å². The summed E-state index contributed by atoms with van der Waals surface area (Å²) in [5.41, 5.74) is 0. The van der Waals surface area contributed by atoms with Crippen molar-refractivity contribution in [2.24, 2.45) is 5.92 Å². The van der Waals surface area contributed by atoms with Crippen molar-refractivity contribution in [3.05, 3.63) is 29.0 Å². The number of aliphatic carboxylic acids is 1. The van der Waals surface area contributed by atoms with E-state index in [1.165, 1.54) is 0 Å². The lowest BCUT2D eigenvalue weighted by Gasteiger charge is -2.22. The molecule has 1 rings (SSSR count). The molecule has 0 saturated heterocycles. The minimum absolute atomic E-state index is 0.0453. The molecule has 0 spiro atoms. The van der Waals surface area contributed by atoms with E-state index in [9.17, 15) is 17.6 Å². The Morgan fingerprint density at radius 1 is 1.45 bits per heavy atom. The first-order valence-corrected chi connectivity index (χ1v) is 7.63. The van der Waals surface area contributed by atoms with Gasteiger partial charge < -0.3 is 5.11 Å². The summed E-state index contributed by atoms with van der Waals surface area (Å²) in [5, 5.41) is 8.49. The zero-order chi connectivity index (χ0) is 15.5. The first kappa shape index (κ1) is 16.9. The summed E-state index contributed by atoms with van der Waals surface area (Å²) in [6, 6.07) is 2.97. The molecule has 1 aromatic rings. The Hall–Kier alpha value is -1.18. The third kappa shape index (κ3) is 4.16. The van der Waals surface area contributed by atoms with Gasteiger partial charge in [0.15, 0.2) is 0 Å².